The Morgan fingerprint density at radius 1 is 1.00 bits per heavy atom. The van der Waals surface area contributed by atoms with Crippen LogP contribution in [0.5, 0.6) is 17.2 Å². The van der Waals surface area contributed by atoms with Crippen molar-refractivity contribution in [1.29, 1.82) is 0 Å². The van der Waals surface area contributed by atoms with Crippen LogP contribution in [-0.4, -0.2) is 87.5 Å². The van der Waals surface area contributed by atoms with Crippen molar-refractivity contribution in [1.82, 2.24) is 14.9 Å². The van der Waals surface area contributed by atoms with E-state index in [2.05, 4.69) is 27.1 Å². The number of carbonyl (C=O) groups is 1. The van der Waals surface area contributed by atoms with Gasteiger partial charge in [-0.05, 0) is 43.7 Å². The van der Waals surface area contributed by atoms with Gasteiger partial charge in [0, 0.05) is 32.0 Å². The molecule has 0 radical (unpaired) electrons. The van der Waals surface area contributed by atoms with Crippen LogP contribution < -0.4 is 19.1 Å². The summed E-state index contributed by atoms with van der Waals surface area (Å²) in [6.07, 6.45) is 0. The molecule has 2 aromatic carbocycles. The third-order valence-electron chi connectivity index (χ3n) is 6.31. The summed E-state index contributed by atoms with van der Waals surface area (Å²) < 4.78 is 28.2. The fourth-order valence-electron chi connectivity index (χ4n) is 4.26. The van der Waals surface area contributed by atoms with Crippen molar-refractivity contribution < 1.29 is 28.5 Å². The number of anilines is 1. The van der Waals surface area contributed by atoms with Gasteiger partial charge >= 0.3 is 5.97 Å². The number of aryl methyl sites for hydroxylation is 1. The second-order valence-corrected chi connectivity index (χ2v) is 8.51. The van der Waals surface area contributed by atoms with E-state index in [9.17, 15) is 4.79 Å². The quantitative estimate of drug-likeness (QED) is 0.340. The number of rotatable bonds is 11. The Bertz CT molecular complexity index is 1430. The Morgan fingerprint density at radius 3 is 2.38 bits per heavy atom. The molecular formula is C27H32N6O6. The minimum Gasteiger partial charge on any atom is -0.497 e. The standard InChI is InChI=1S/C27H32N6O6/c1-8-32(11-12-35-3)17-9-10-20(16(2)13-17)28-22-23(27(34)39-7)31-33-25(29-30-26(22)33)19-14-18(36-4)15-21(37-5)24(19)38-6/h9-10,13-15H,8,11-12H2,1-7H3/b28-22-. The topological polar surface area (TPSA) is 122 Å². The summed E-state index contributed by atoms with van der Waals surface area (Å²) in [6, 6.07) is 9.36. The molecule has 0 amide bonds. The van der Waals surface area contributed by atoms with E-state index in [-0.39, 0.29) is 17.2 Å². The van der Waals surface area contributed by atoms with Crippen molar-refractivity contribution >= 4 is 28.8 Å². The molecule has 12 heteroatoms. The number of methoxy groups -OCH3 is 5. The van der Waals surface area contributed by atoms with Crippen LogP contribution in [0.1, 0.15) is 18.3 Å². The van der Waals surface area contributed by atoms with Gasteiger partial charge in [-0.15, -0.1) is 10.2 Å². The molecule has 0 atom stereocenters. The molecule has 0 saturated heterocycles. The van der Waals surface area contributed by atoms with Crippen molar-refractivity contribution in [3.63, 3.8) is 0 Å². The van der Waals surface area contributed by atoms with Gasteiger partial charge in [0.25, 0.3) is 0 Å². The lowest BCUT2D eigenvalue weighted by atomic mass is 10.1. The van der Waals surface area contributed by atoms with Gasteiger partial charge in [-0.2, -0.15) is 9.78 Å². The van der Waals surface area contributed by atoms with Crippen molar-refractivity contribution in [2.45, 2.75) is 13.8 Å². The van der Waals surface area contributed by atoms with E-state index in [0.29, 0.717) is 40.9 Å². The monoisotopic (exact) mass is 536 g/mol. The summed E-state index contributed by atoms with van der Waals surface area (Å²) in [5.74, 6) is 1.32. The SMILES string of the molecule is CCN(CCOC)c1ccc(/N=C2/C(C(=O)OC)=Nn3c2nnc3-c2cc(OC)cc(OC)c2OC)c(C)c1. The molecule has 0 bridgehead atoms. The molecule has 39 heavy (non-hydrogen) atoms. The number of esters is 1. The van der Waals surface area contributed by atoms with E-state index >= 15 is 0 Å². The number of likely N-dealkylation sites (N-methyl/N-ethyl adjacent to an activating group) is 1. The van der Waals surface area contributed by atoms with Gasteiger partial charge in [-0.1, -0.05) is 0 Å². The fraction of sp³-hybridized carbons (Fsp3) is 0.370. The normalized spacial score (nSPS) is 13.2. The number of nitrogens with zero attached hydrogens (tertiary/aromatic N) is 6. The van der Waals surface area contributed by atoms with Crippen molar-refractivity contribution in [3.8, 4) is 28.6 Å². The molecule has 0 spiro atoms. The van der Waals surface area contributed by atoms with Crippen LogP contribution in [0.3, 0.4) is 0 Å². The lowest BCUT2D eigenvalue weighted by Crippen LogP contribution is -2.26. The largest absolute Gasteiger partial charge is 0.497 e. The van der Waals surface area contributed by atoms with Crippen LogP contribution >= 0.6 is 0 Å². The molecule has 4 rings (SSSR count). The molecule has 2 heterocycles. The first kappa shape index (κ1) is 27.6. The van der Waals surface area contributed by atoms with Gasteiger partial charge < -0.3 is 28.6 Å². The molecule has 0 N–H and O–H groups in total. The van der Waals surface area contributed by atoms with Crippen LogP contribution in [0.2, 0.25) is 0 Å². The summed E-state index contributed by atoms with van der Waals surface area (Å²) >= 11 is 0. The summed E-state index contributed by atoms with van der Waals surface area (Å²) in [5.41, 5.74) is 3.39. The van der Waals surface area contributed by atoms with E-state index in [4.69, 9.17) is 28.7 Å². The highest BCUT2D eigenvalue weighted by Gasteiger charge is 2.35. The number of carbonyl (C=O) groups excluding carboxylic acids is 1. The average Bonchev–Trinajstić information content (AvgIpc) is 3.53. The van der Waals surface area contributed by atoms with Crippen molar-refractivity contribution in [2.24, 2.45) is 10.1 Å². The highest BCUT2D eigenvalue weighted by Crippen LogP contribution is 2.41. The van der Waals surface area contributed by atoms with E-state index < -0.39 is 5.97 Å². The zero-order valence-electron chi connectivity index (χ0n) is 23.1. The van der Waals surface area contributed by atoms with E-state index in [0.717, 1.165) is 24.3 Å². The Balaban J connectivity index is 1.82. The highest BCUT2D eigenvalue weighted by atomic mass is 16.5. The third kappa shape index (κ3) is 5.28. The minimum absolute atomic E-state index is 0.0104. The summed E-state index contributed by atoms with van der Waals surface area (Å²) in [5, 5.41) is 13.2. The van der Waals surface area contributed by atoms with E-state index in [1.807, 2.05) is 25.1 Å². The van der Waals surface area contributed by atoms with Crippen LogP contribution in [0.15, 0.2) is 40.4 Å². The molecule has 0 aliphatic carbocycles. The first-order valence-electron chi connectivity index (χ1n) is 12.3. The van der Waals surface area contributed by atoms with Gasteiger partial charge in [0.05, 0.1) is 46.3 Å². The molecule has 0 unspecified atom stereocenters. The van der Waals surface area contributed by atoms with Crippen LogP contribution in [0.25, 0.3) is 11.4 Å². The number of benzene rings is 2. The fourth-order valence-corrected chi connectivity index (χ4v) is 4.26. The van der Waals surface area contributed by atoms with Crippen LogP contribution in [-0.2, 0) is 14.3 Å². The number of ether oxygens (including phenoxy) is 5. The Kier molecular flexibility index (Phi) is 8.45. The zero-order valence-corrected chi connectivity index (χ0v) is 23.1. The molecule has 0 saturated carbocycles. The smallest absolute Gasteiger partial charge is 0.360 e. The first-order valence-corrected chi connectivity index (χ1v) is 12.3. The molecule has 1 aliphatic heterocycles. The molecule has 1 aliphatic rings. The molecule has 206 valence electrons. The number of hydrogen-bond acceptors (Lipinski definition) is 11. The predicted molar refractivity (Wildman–Crippen MR) is 147 cm³/mol. The third-order valence-corrected chi connectivity index (χ3v) is 6.31. The number of fused-ring (bicyclic) bond motifs is 1. The first-order chi connectivity index (χ1) is 18.9. The summed E-state index contributed by atoms with van der Waals surface area (Å²) in [7, 11) is 7.57. The summed E-state index contributed by atoms with van der Waals surface area (Å²) in [4.78, 5) is 19.7. The summed E-state index contributed by atoms with van der Waals surface area (Å²) in [6.45, 7) is 6.27. The second kappa shape index (κ2) is 11.9. The molecule has 0 fully saturated rings. The van der Waals surface area contributed by atoms with Crippen LogP contribution in [0.4, 0.5) is 11.4 Å². The van der Waals surface area contributed by atoms with Gasteiger partial charge in [0.2, 0.25) is 5.82 Å². The van der Waals surface area contributed by atoms with Gasteiger partial charge in [-0.25, -0.2) is 9.79 Å². The molecule has 12 nitrogen and oxygen atoms in total. The average molecular weight is 537 g/mol. The maximum absolute atomic E-state index is 12.7. The zero-order chi connectivity index (χ0) is 28.1. The van der Waals surface area contributed by atoms with E-state index in [1.54, 1.807) is 26.4 Å². The number of aromatic nitrogens is 3. The van der Waals surface area contributed by atoms with Gasteiger partial charge in [-0.3, -0.25) is 0 Å². The predicted octanol–water partition coefficient (Wildman–Crippen LogP) is 3.26. The Hall–Kier alpha value is -4.45. The lowest BCUT2D eigenvalue weighted by molar-refractivity contribution is -0.132. The van der Waals surface area contributed by atoms with Gasteiger partial charge in [0.1, 0.15) is 11.5 Å². The minimum atomic E-state index is -0.647. The Morgan fingerprint density at radius 2 is 1.77 bits per heavy atom. The molecule has 1 aromatic heterocycles. The van der Waals surface area contributed by atoms with Crippen LogP contribution in [0, 0.1) is 6.92 Å². The highest BCUT2D eigenvalue weighted by molar-refractivity contribution is 6.69. The Labute approximate surface area is 226 Å². The van der Waals surface area contributed by atoms with E-state index in [1.165, 1.54) is 26.0 Å². The van der Waals surface area contributed by atoms with Gasteiger partial charge in [0.15, 0.2) is 23.0 Å². The number of hydrogen-bond donors (Lipinski definition) is 0. The van der Waals surface area contributed by atoms with Crippen molar-refractivity contribution in [2.75, 3.05) is 60.1 Å². The van der Waals surface area contributed by atoms with Crippen molar-refractivity contribution in [3.05, 3.63) is 41.7 Å². The lowest BCUT2D eigenvalue weighted by Gasteiger charge is -2.23. The molecular weight excluding hydrogens is 504 g/mol. The maximum atomic E-state index is 12.7. The second-order valence-electron chi connectivity index (χ2n) is 8.51. The molecule has 3 aromatic rings. The maximum Gasteiger partial charge on any atom is 0.360 e. The number of aliphatic imine (C=N–C) groups is 1.